The van der Waals surface area contributed by atoms with Crippen molar-refractivity contribution in [3.63, 3.8) is 0 Å². The van der Waals surface area contributed by atoms with Gasteiger partial charge >= 0.3 is 0 Å². The minimum Gasteiger partial charge on any atom is -0.388 e. The third-order valence-electron chi connectivity index (χ3n) is 3.46. The van der Waals surface area contributed by atoms with Gasteiger partial charge in [-0.15, -0.1) is 0 Å². The van der Waals surface area contributed by atoms with Crippen LogP contribution in [-0.4, -0.2) is 29.9 Å². The van der Waals surface area contributed by atoms with Crippen LogP contribution in [0.15, 0.2) is 0 Å². The molecule has 3 N–H and O–H groups in total. The SMILES string of the molecule is CCCC1CCN(C(CC)CC(=N)N)C1. The molecule has 0 aromatic rings. The van der Waals surface area contributed by atoms with Gasteiger partial charge in [-0.25, -0.2) is 0 Å². The second-order valence-electron chi connectivity index (χ2n) is 4.73. The molecule has 0 aromatic carbocycles. The van der Waals surface area contributed by atoms with Gasteiger partial charge in [-0.05, 0) is 31.7 Å². The van der Waals surface area contributed by atoms with Crippen LogP contribution in [0.25, 0.3) is 0 Å². The number of likely N-dealkylation sites (tertiary alicyclic amines) is 1. The molecule has 1 aliphatic rings. The van der Waals surface area contributed by atoms with Gasteiger partial charge in [-0.2, -0.15) is 0 Å². The van der Waals surface area contributed by atoms with Gasteiger partial charge in [0.1, 0.15) is 0 Å². The van der Waals surface area contributed by atoms with E-state index >= 15 is 0 Å². The molecule has 0 radical (unpaired) electrons. The van der Waals surface area contributed by atoms with Crippen molar-refractivity contribution in [3.05, 3.63) is 0 Å². The number of rotatable bonds is 6. The van der Waals surface area contributed by atoms with Gasteiger partial charge in [0.15, 0.2) is 0 Å². The van der Waals surface area contributed by atoms with E-state index in [1.807, 2.05) is 0 Å². The standard InChI is InChI=1S/C12H25N3/c1-3-5-10-6-7-15(9-10)11(4-2)8-12(13)14/h10-11H,3-9H2,1-2H3,(H3,13,14). The van der Waals surface area contributed by atoms with E-state index in [1.54, 1.807) is 0 Å². The summed E-state index contributed by atoms with van der Waals surface area (Å²) in [6.07, 6.45) is 5.84. The molecule has 0 spiro atoms. The van der Waals surface area contributed by atoms with E-state index in [0.29, 0.717) is 11.9 Å². The molecule has 2 unspecified atom stereocenters. The molecule has 88 valence electrons. The second kappa shape index (κ2) is 6.11. The summed E-state index contributed by atoms with van der Waals surface area (Å²) in [5.74, 6) is 1.22. The maximum Gasteiger partial charge on any atom is 0.0921 e. The van der Waals surface area contributed by atoms with Crippen LogP contribution in [0, 0.1) is 11.3 Å². The first kappa shape index (κ1) is 12.5. The van der Waals surface area contributed by atoms with E-state index in [2.05, 4.69) is 18.7 Å². The van der Waals surface area contributed by atoms with Crippen molar-refractivity contribution in [1.82, 2.24) is 4.90 Å². The summed E-state index contributed by atoms with van der Waals surface area (Å²) in [7, 11) is 0. The lowest BCUT2D eigenvalue weighted by Crippen LogP contribution is -2.36. The fraction of sp³-hybridized carbons (Fsp3) is 0.917. The van der Waals surface area contributed by atoms with Crippen LogP contribution in [0.2, 0.25) is 0 Å². The molecule has 1 heterocycles. The van der Waals surface area contributed by atoms with Gasteiger partial charge in [0, 0.05) is 19.0 Å². The largest absolute Gasteiger partial charge is 0.388 e. The number of hydrogen-bond donors (Lipinski definition) is 2. The molecule has 1 saturated heterocycles. The predicted octanol–water partition coefficient (Wildman–Crippen LogP) is 2.21. The van der Waals surface area contributed by atoms with Crippen molar-refractivity contribution in [2.45, 2.75) is 52.0 Å². The van der Waals surface area contributed by atoms with Gasteiger partial charge in [-0.1, -0.05) is 20.3 Å². The number of nitrogens with zero attached hydrogens (tertiary/aromatic N) is 1. The van der Waals surface area contributed by atoms with Crippen molar-refractivity contribution in [2.24, 2.45) is 11.7 Å². The number of amidine groups is 1. The summed E-state index contributed by atoms with van der Waals surface area (Å²) in [6.45, 7) is 6.88. The molecule has 15 heavy (non-hydrogen) atoms. The molecule has 3 heteroatoms. The molecule has 0 aromatic heterocycles. The average Bonchev–Trinajstić information content (AvgIpc) is 2.63. The topological polar surface area (TPSA) is 53.1 Å². The fourth-order valence-electron chi connectivity index (χ4n) is 2.62. The highest BCUT2D eigenvalue weighted by Crippen LogP contribution is 2.24. The fourth-order valence-corrected chi connectivity index (χ4v) is 2.62. The van der Waals surface area contributed by atoms with E-state index in [1.165, 1.54) is 32.4 Å². The Kier molecular flexibility index (Phi) is 5.09. The van der Waals surface area contributed by atoms with Crippen LogP contribution in [0.1, 0.15) is 46.0 Å². The molecular formula is C12H25N3. The first-order chi connectivity index (χ1) is 7.17. The summed E-state index contributed by atoms with van der Waals surface area (Å²) in [6, 6.07) is 0.504. The Morgan fingerprint density at radius 3 is 2.80 bits per heavy atom. The Balaban J connectivity index is 2.39. The summed E-state index contributed by atoms with van der Waals surface area (Å²) in [5.41, 5.74) is 5.49. The van der Waals surface area contributed by atoms with Crippen LogP contribution < -0.4 is 5.73 Å². The molecule has 1 rings (SSSR count). The summed E-state index contributed by atoms with van der Waals surface area (Å²) < 4.78 is 0. The normalized spacial score (nSPS) is 24.3. The van der Waals surface area contributed by atoms with Gasteiger partial charge in [0.05, 0.1) is 5.84 Å². The lowest BCUT2D eigenvalue weighted by Gasteiger charge is -2.26. The summed E-state index contributed by atoms with van der Waals surface area (Å²) in [4.78, 5) is 2.53. The van der Waals surface area contributed by atoms with Crippen LogP contribution >= 0.6 is 0 Å². The minimum atomic E-state index is 0.334. The van der Waals surface area contributed by atoms with Crippen LogP contribution in [-0.2, 0) is 0 Å². The monoisotopic (exact) mass is 211 g/mol. The first-order valence-electron chi connectivity index (χ1n) is 6.24. The smallest absolute Gasteiger partial charge is 0.0921 e. The zero-order chi connectivity index (χ0) is 11.3. The van der Waals surface area contributed by atoms with E-state index in [4.69, 9.17) is 11.1 Å². The third-order valence-corrected chi connectivity index (χ3v) is 3.46. The molecule has 0 bridgehead atoms. The van der Waals surface area contributed by atoms with Crippen LogP contribution in [0.4, 0.5) is 0 Å². The molecule has 2 atom stereocenters. The average molecular weight is 211 g/mol. The Morgan fingerprint density at radius 1 is 1.53 bits per heavy atom. The van der Waals surface area contributed by atoms with Crippen molar-refractivity contribution >= 4 is 5.84 Å². The van der Waals surface area contributed by atoms with E-state index < -0.39 is 0 Å². The highest BCUT2D eigenvalue weighted by Gasteiger charge is 2.26. The van der Waals surface area contributed by atoms with Crippen molar-refractivity contribution in [2.75, 3.05) is 13.1 Å². The predicted molar refractivity (Wildman–Crippen MR) is 65.2 cm³/mol. The Labute approximate surface area is 93.5 Å². The molecule has 1 fully saturated rings. The van der Waals surface area contributed by atoms with Crippen molar-refractivity contribution in [1.29, 1.82) is 5.41 Å². The number of nitrogens with two attached hydrogens (primary N) is 1. The van der Waals surface area contributed by atoms with Crippen molar-refractivity contribution in [3.8, 4) is 0 Å². The lowest BCUT2D eigenvalue weighted by atomic mass is 10.0. The first-order valence-corrected chi connectivity index (χ1v) is 6.24. The summed E-state index contributed by atoms with van der Waals surface area (Å²) in [5, 5.41) is 7.37. The number of hydrogen-bond acceptors (Lipinski definition) is 2. The zero-order valence-electron chi connectivity index (χ0n) is 10.1. The minimum absolute atomic E-state index is 0.334. The van der Waals surface area contributed by atoms with E-state index in [9.17, 15) is 0 Å². The lowest BCUT2D eigenvalue weighted by molar-refractivity contribution is 0.230. The van der Waals surface area contributed by atoms with Gasteiger partial charge in [-0.3, -0.25) is 10.3 Å². The molecule has 0 aliphatic carbocycles. The Bertz CT molecular complexity index is 203. The van der Waals surface area contributed by atoms with Gasteiger partial charge < -0.3 is 5.73 Å². The van der Waals surface area contributed by atoms with Crippen molar-refractivity contribution < 1.29 is 0 Å². The Morgan fingerprint density at radius 2 is 2.27 bits per heavy atom. The second-order valence-corrected chi connectivity index (χ2v) is 4.73. The third kappa shape index (κ3) is 3.82. The maximum absolute atomic E-state index is 7.37. The number of nitrogens with one attached hydrogen (secondary N) is 1. The molecule has 0 amide bonds. The zero-order valence-corrected chi connectivity index (χ0v) is 10.1. The van der Waals surface area contributed by atoms with Crippen LogP contribution in [0.3, 0.4) is 0 Å². The van der Waals surface area contributed by atoms with E-state index in [-0.39, 0.29) is 0 Å². The molecule has 0 saturated carbocycles. The molecule has 1 aliphatic heterocycles. The molecule has 3 nitrogen and oxygen atoms in total. The highest BCUT2D eigenvalue weighted by atomic mass is 15.2. The highest BCUT2D eigenvalue weighted by molar-refractivity contribution is 5.77. The van der Waals surface area contributed by atoms with Gasteiger partial charge in [0.25, 0.3) is 0 Å². The summed E-state index contributed by atoms with van der Waals surface area (Å²) >= 11 is 0. The van der Waals surface area contributed by atoms with Gasteiger partial charge in [0.2, 0.25) is 0 Å². The Hall–Kier alpha value is -0.570. The molecular weight excluding hydrogens is 186 g/mol. The maximum atomic E-state index is 7.37. The van der Waals surface area contributed by atoms with Crippen LogP contribution in [0.5, 0.6) is 0 Å². The van der Waals surface area contributed by atoms with E-state index in [0.717, 1.165) is 18.8 Å². The quantitative estimate of drug-likeness (QED) is 0.523.